The van der Waals surface area contributed by atoms with Gasteiger partial charge in [0.25, 0.3) is 0 Å². The fourth-order valence-electron chi connectivity index (χ4n) is 1.91. The number of piperazine rings is 1. The van der Waals surface area contributed by atoms with Crippen molar-refractivity contribution in [3.05, 3.63) is 24.4 Å². The van der Waals surface area contributed by atoms with E-state index in [1.165, 1.54) is 20.3 Å². The van der Waals surface area contributed by atoms with E-state index in [-0.39, 0.29) is 5.70 Å². The van der Waals surface area contributed by atoms with Crippen LogP contribution in [0.3, 0.4) is 0 Å². The zero-order valence-electron chi connectivity index (χ0n) is 11.4. The first kappa shape index (κ1) is 15.2. The van der Waals surface area contributed by atoms with Crippen LogP contribution in [0.2, 0.25) is 0 Å². The van der Waals surface area contributed by atoms with Gasteiger partial charge in [0.15, 0.2) is 0 Å². The summed E-state index contributed by atoms with van der Waals surface area (Å²) in [7, 11) is 2.57. The molecule has 0 amide bonds. The predicted molar refractivity (Wildman–Crippen MR) is 70.3 cm³/mol. The number of carbonyl (C=O) groups is 2. The summed E-state index contributed by atoms with van der Waals surface area (Å²) in [6, 6.07) is 0. The second-order valence-electron chi connectivity index (χ2n) is 4.12. The molecule has 6 nitrogen and oxygen atoms in total. The third-order valence-electron chi connectivity index (χ3n) is 2.95. The van der Waals surface area contributed by atoms with E-state index in [2.05, 4.69) is 16.2 Å². The maximum Gasteiger partial charge on any atom is 0.354 e. The summed E-state index contributed by atoms with van der Waals surface area (Å²) in [6.07, 6.45) is 3.02. The van der Waals surface area contributed by atoms with Crippen molar-refractivity contribution in [2.75, 3.05) is 46.9 Å². The van der Waals surface area contributed by atoms with E-state index in [0.29, 0.717) is 13.1 Å². The largest absolute Gasteiger partial charge is 0.466 e. The zero-order valence-corrected chi connectivity index (χ0v) is 11.4. The van der Waals surface area contributed by atoms with Crippen LogP contribution in [-0.4, -0.2) is 68.7 Å². The lowest BCUT2D eigenvalue weighted by Crippen LogP contribution is -2.47. The molecule has 1 heterocycles. The van der Waals surface area contributed by atoms with Crippen molar-refractivity contribution >= 4 is 11.9 Å². The summed E-state index contributed by atoms with van der Waals surface area (Å²) in [5.41, 5.74) is 0.243. The predicted octanol–water partition coefficient (Wildman–Crippen LogP) is 0.0199. The van der Waals surface area contributed by atoms with Crippen LogP contribution in [0.15, 0.2) is 24.4 Å². The third kappa shape index (κ3) is 4.40. The number of hydrogen-bond acceptors (Lipinski definition) is 6. The average molecular weight is 268 g/mol. The van der Waals surface area contributed by atoms with Crippen LogP contribution in [0.1, 0.15) is 0 Å². The minimum atomic E-state index is -0.561. The quantitative estimate of drug-likeness (QED) is 0.398. The molecule has 0 saturated carbocycles. The molecular formula is C13H20N2O4. The van der Waals surface area contributed by atoms with Crippen LogP contribution in [0.5, 0.6) is 0 Å². The molecule has 1 rings (SSSR count). The Morgan fingerprint density at radius 3 is 2.26 bits per heavy atom. The van der Waals surface area contributed by atoms with Crippen molar-refractivity contribution in [3.63, 3.8) is 0 Å². The molecule has 0 aromatic carbocycles. The molecule has 0 aromatic rings. The highest BCUT2D eigenvalue weighted by atomic mass is 16.5. The maximum absolute atomic E-state index is 11.7. The molecule has 1 saturated heterocycles. The summed E-state index contributed by atoms with van der Waals surface area (Å²) >= 11 is 0. The first-order valence-corrected chi connectivity index (χ1v) is 6.08. The number of nitrogens with zero attached hydrogens (tertiary/aromatic N) is 2. The van der Waals surface area contributed by atoms with Crippen molar-refractivity contribution in [2.45, 2.75) is 0 Å². The van der Waals surface area contributed by atoms with Gasteiger partial charge in [-0.1, -0.05) is 6.08 Å². The number of methoxy groups -OCH3 is 2. The van der Waals surface area contributed by atoms with Gasteiger partial charge in [0.1, 0.15) is 5.70 Å². The van der Waals surface area contributed by atoms with Crippen molar-refractivity contribution in [3.8, 4) is 0 Å². The van der Waals surface area contributed by atoms with Gasteiger partial charge in [-0.2, -0.15) is 0 Å². The molecule has 0 N–H and O–H groups in total. The van der Waals surface area contributed by atoms with Crippen LogP contribution >= 0.6 is 0 Å². The van der Waals surface area contributed by atoms with Gasteiger partial charge >= 0.3 is 11.9 Å². The number of esters is 2. The lowest BCUT2D eigenvalue weighted by atomic mass is 10.2. The second-order valence-corrected chi connectivity index (χ2v) is 4.12. The monoisotopic (exact) mass is 268 g/mol. The van der Waals surface area contributed by atoms with E-state index in [0.717, 1.165) is 19.6 Å². The average Bonchev–Trinajstić information content (AvgIpc) is 2.45. The molecule has 19 heavy (non-hydrogen) atoms. The minimum Gasteiger partial charge on any atom is -0.466 e. The van der Waals surface area contributed by atoms with E-state index >= 15 is 0 Å². The van der Waals surface area contributed by atoms with E-state index in [4.69, 9.17) is 4.74 Å². The van der Waals surface area contributed by atoms with Gasteiger partial charge in [-0.15, -0.1) is 6.58 Å². The molecule has 0 aromatic heterocycles. The zero-order chi connectivity index (χ0) is 14.3. The Balaban J connectivity index is 2.73. The Morgan fingerprint density at radius 2 is 1.79 bits per heavy atom. The van der Waals surface area contributed by atoms with Gasteiger partial charge in [0.05, 0.1) is 20.3 Å². The molecule has 6 heteroatoms. The van der Waals surface area contributed by atoms with Gasteiger partial charge in [0, 0.05) is 32.7 Å². The molecule has 1 aliphatic rings. The molecule has 106 valence electrons. The highest BCUT2D eigenvalue weighted by Gasteiger charge is 2.24. The third-order valence-corrected chi connectivity index (χ3v) is 2.95. The van der Waals surface area contributed by atoms with Gasteiger partial charge in [-0.3, -0.25) is 4.90 Å². The Labute approximate surface area is 113 Å². The van der Waals surface area contributed by atoms with Crippen LogP contribution in [0.25, 0.3) is 0 Å². The van der Waals surface area contributed by atoms with Crippen molar-refractivity contribution in [1.29, 1.82) is 0 Å². The molecule has 1 fully saturated rings. The molecule has 0 bridgehead atoms. The number of rotatable bonds is 5. The number of carbonyl (C=O) groups excluding carboxylic acids is 2. The van der Waals surface area contributed by atoms with Crippen LogP contribution in [0, 0.1) is 0 Å². The van der Waals surface area contributed by atoms with Gasteiger partial charge in [0.2, 0.25) is 0 Å². The fourth-order valence-corrected chi connectivity index (χ4v) is 1.91. The molecule has 0 aliphatic carbocycles. The fraction of sp³-hybridized carbons (Fsp3) is 0.538. The lowest BCUT2D eigenvalue weighted by molar-refractivity contribution is -0.140. The van der Waals surface area contributed by atoms with E-state index < -0.39 is 11.9 Å². The van der Waals surface area contributed by atoms with Crippen LogP contribution in [-0.2, 0) is 19.1 Å². The van der Waals surface area contributed by atoms with E-state index in [1.54, 1.807) is 0 Å². The molecule has 0 spiro atoms. The highest BCUT2D eigenvalue weighted by Crippen LogP contribution is 2.11. The van der Waals surface area contributed by atoms with Crippen LogP contribution in [0.4, 0.5) is 0 Å². The Morgan fingerprint density at radius 1 is 1.16 bits per heavy atom. The van der Waals surface area contributed by atoms with Crippen molar-refractivity contribution in [2.24, 2.45) is 0 Å². The highest BCUT2D eigenvalue weighted by molar-refractivity contribution is 5.95. The molecule has 0 unspecified atom stereocenters. The second kappa shape index (κ2) is 7.58. The van der Waals surface area contributed by atoms with Crippen molar-refractivity contribution < 1.29 is 19.1 Å². The van der Waals surface area contributed by atoms with E-state index in [9.17, 15) is 9.59 Å². The molecular weight excluding hydrogens is 248 g/mol. The maximum atomic E-state index is 11.7. The normalized spacial score (nSPS) is 16.9. The van der Waals surface area contributed by atoms with Crippen molar-refractivity contribution in [1.82, 2.24) is 9.80 Å². The summed E-state index contributed by atoms with van der Waals surface area (Å²) in [5.74, 6) is -1.09. The van der Waals surface area contributed by atoms with Gasteiger partial charge in [-0.25, -0.2) is 9.59 Å². The first-order chi connectivity index (χ1) is 9.12. The summed E-state index contributed by atoms with van der Waals surface area (Å²) in [5, 5.41) is 0. The summed E-state index contributed by atoms with van der Waals surface area (Å²) in [6.45, 7) is 7.45. The molecule has 0 atom stereocenters. The standard InChI is InChI=1S/C13H20N2O4/c1-4-5-14-6-8-15(9-7-14)11(13(17)19-3)10-12(16)18-2/h4,10H,1,5-9H2,2-3H3/b11-10+. The summed E-state index contributed by atoms with van der Waals surface area (Å²) in [4.78, 5) is 27.0. The van der Waals surface area contributed by atoms with E-state index in [1.807, 2.05) is 11.0 Å². The Bertz CT molecular complexity index is 371. The van der Waals surface area contributed by atoms with Gasteiger partial charge in [-0.05, 0) is 0 Å². The first-order valence-electron chi connectivity index (χ1n) is 6.08. The molecule has 0 radical (unpaired) electrons. The minimum absolute atomic E-state index is 0.243. The number of ether oxygens (including phenoxy) is 2. The van der Waals surface area contributed by atoms with Crippen LogP contribution < -0.4 is 0 Å². The molecule has 1 aliphatic heterocycles. The SMILES string of the molecule is C=CCN1CCN(/C(=C/C(=O)OC)C(=O)OC)CC1. The summed E-state index contributed by atoms with van der Waals surface area (Å²) < 4.78 is 9.25. The topological polar surface area (TPSA) is 59.1 Å². The smallest absolute Gasteiger partial charge is 0.354 e. The Hall–Kier alpha value is -1.82. The Kier molecular flexibility index (Phi) is 6.08. The lowest BCUT2D eigenvalue weighted by Gasteiger charge is -2.35. The van der Waals surface area contributed by atoms with Gasteiger partial charge < -0.3 is 14.4 Å². The number of hydrogen-bond donors (Lipinski definition) is 0.